The van der Waals surface area contributed by atoms with Crippen LogP contribution in [0.1, 0.15) is 51.4 Å². The van der Waals surface area contributed by atoms with Crippen molar-refractivity contribution in [3.63, 3.8) is 0 Å². The number of aromatic nitrogens is 4. The van der Waals surface area contributed by atoms with Gasteiger partial charge in [0.05, 0.1) is 4.88 Å². The number of carbonyl (C=O) groups is 2. The van der Waals surface area contributed by atoms with Gasteiger partial charge in [-0.2, -0.15) is 0 Å². The van der Waals surface area contributed by atoms with Crippen molar-refractivity contribution in [1.82, 2.24) is 35.1 Å². The van der Waals surface area contributed by atoms with Crippen LogP contribution in [0.5, 0.6) is 0 Å². The van der Waals surface area contributed by atoms with E-state index in [9.17, 15) is 9.59 Å². The van der Waals surface area contributed by atoms with E-state index in [1.165, 1.54) is 33.2 Å². The molecule has 2 fully saturated rings. The fraction of sp³-hybridized carbons (Fsp3) is 0.269. The zero-order valence-electron chi connectivity index (χ0n) is 38.9. The number of nitrogens with one attached hydrogen (secondary N) is 1. The summed E-state index contributed by atoms with van der Waals surface area (Å²) in [6.07, 6.45) is 10.7. The van der Waals surface area contributed by atoms with Crippen LogP contribution in [0.15, 0.2) is 122 Å². The van der Waals surface area contributed by atoms with Crippen LogP contribution in [0.25, 0.3) is 21.5 Å². The number of benzene rings is 2. The number of nitrogens with zero attached hydrogens (tertiary/aromatic N) is 8. The molecule has 0 bridgehead atoms. The Hall–Kier alpha value is -7.02. The molecule has 0 atom stereocenters. The molecule has 69 heavy (non-hydrogen) atoms. The summed E-state index contributed by atoms with van der Waals surface area (Å²) in [6.45, 7) is 14.8. The maximum atomic E-state index is 12.8. The molecular formula is C52H58N12O3S2. The third kappa shape index (κ3) is 12.6. The number of hydrogen-bond acceptors (Lipinski definition) is 15. The van der Waals surface area contributed by atoms with Crippen LogP contribution in [0.3, 0.4) is 0 Å². The molecule has 17 heteroatoms. The van der Waals surface area contributed by atoms with Crippen molar-refractivity contribution in [3.8, 4) is 0 Å². The third-order valence-corrected chi connectivity index (χ3v) is 14.8. The molecule has 15 nitrogen and oxygen atoms in total. The largest absolute Gasteiger partial charge is 0.477 e. The van der Waals surface area contributed by atoms with Gasteiger partial charge in [0.2, 0.25) is 0 Å². The summed E-state index contributed by atoms with van der Waals surface area (Å²) < 4.78 is 0. The molecular weight excluding hydrogens is 905 g/mol. The highest BCUT2D eigenvalue weighted by Crippen LogP contribution is 2.27. The van der Waals surface area contributed by atoms with E-state index in [0.717, 1.165) is 113 Å². The first-order chi connectivity index (χ1) is 33.5. The molecule has 0 saturated carbocycles. The molecule has 356 valence electrons. The first kappa shape index (κ1) is 48.4. The van der Waals surface area contributed by atoms with Gasteiger partial charge in [-0.1, -0.05) is 24.3 Å². The maximum absolute atomic E-state index is 12.8. The number of aryl methyl sites for hydroxylation is 2. The van der Waals surface area contributed by atoms with Crippen molar-refractivity contribution in [1.29, 1.82) is 0 Å². The highest BCUT2D eigenvalue weighted by Gasteiger charge is 2.22. The molecule has 6 aromatic heterocycles. The van der Waals surface area contributed by atoms with Gasteiger partial charge < -0.3 is 37.4 Å². The normalized spacial score (nSPS) is 14.2. The van der Waals surface area contributed by atoms with E-state index in [0.29, 0.717) is 29.6 Å². The van der Waals surface area contributed by atoms with Gasteiger partial charge in [-0.3, -0.25) is 24.6 Å². The number of nitrogen functional groups attached to an aromatic ring is 2. The molecule has 8 N–H and O–H groups in total. The number of carboxylic acid groups (broad SMARTS) is 1. The number of piperazine rings is 2. The van der Waals surface area contributed by atoms with E-state index in [2.05, 4.69) is 63.9 Å². The van der Waals surface area contributed by atoms with Crippen molar-refractivity contribution in [2.24, 2.45) is 5.73 Å². The molecule has 2 aliphatic rings. The Balaban J connectivity index is 0.000000156. The number of fused-ring (bicyclic) bond motifs is 2. The van der Waals surface area contributed by atoms with Gasteiger partial charge in [0.25, 0.3) is 5.91 Å². The summed E-state index contributed by atoms with van der Waals surface area (Å²) in [5, 5.41) is 16.2. The molecule has 8 heterocycles. The van der Waals surface area contributed by atoms with E-state index in [1.54, 1.807) is 29.8 Å². The summed E-state index contributed by atoms with van der Waals surface area (Å²) in [7, 11) is 0. The molecule has 2 aliphatic heterocycles. The van der Waals surface area contributed by atoms with Gasteiger partial charge in [0, 0.05) is 148 Å². The topological polar surface area (TPSA) is 209 Å². The number of pyridine rings is 4. The van der Waals surface area contributed by atoms with E-state index in [4.69, 9.17) is 22.3 Å². The van der Waals surface area contributed by atoms with E-state index in [-0.39, 0.29) is 5.91 Å². The van der Waals surface area contributed by atoms with Crippen molar-refractivity contribution in [2.75, 3.05) is 73.6 Å². The van der Waals surface area contributed by atoms with E-state index < -0.39 is 5.97 Å². The monoisotopic (exact) mass is 962 g/mol. The molecule has 0 aliphatic carbocycles. The number of thiophene rings is 2. The van der Waals surface area contributed by atoms with Crippen molar-refractivity contribution >= 4 is 79.1 Å². The smallest absolute Gasteiger partial charge is 0.345 e. The van der Waals surface area contributed by atoms with Gasteiger partial charge in [0.1, 0.15) is 16.5 Å². The third-order valence-electron chi connectivity index (χ3n) is 12.4. The number of nitrogens with two attached hydrogens (primary N) is 3. The molecule has 10 rings (SSSR count). The number of carbonyl (C=O) groups excluding carboxylic acids is 1. The van der Waals surface area contributed by atoms with Crippen LogP contribution in [-0.2, 0) is 26.2 Å². The molecule has 0 radical (unpaired) electrons. The van der Waals surface area contributed by atoms with Crippen LogP contribution in [-0.4, -0.2) is 99.1 Å². The minimum atomic E-state index is -0.832. The highest BCUT2D eigenvalue weighted by atomic mass is 32.1. The van der Waals surface area contributed by atoms with Crippen molar-refractivity contribution < 1.29 is 14.7 Å². The van der Waals surface area contributed by atoms with Crippen molar-refractivity contribution in [2.45, 2.75) is 40.0 Å². The Bertz CT molecular complexity index is 2990. The Morgan fingerprint density at radius 1 is 0.594 bits per heavy atom. The summed E-state index contributed by atoms with van der Waals surface area (Å²) >= 11 is 2.99. The second kappa shape index (κ2) is 22.9. The number of rotatable bonds is 11. The minimum Gasteiger partial charge on any atom is -0.477 e. The number of aromatic carboxylic acids is 1. The second-order valence-corrected chi connectivity index (χ2v) is 19.3. The van der Waals surface area contributed by atoms with Gasteiger partial charge >= 0.3 is 5.97 Å². The minimum absolute atomic E-state index is 0.0313. The van der Waals surface area contributed by atoms with E-state index in [1.807, 2.05) is 98.4 Å². The zero-order valence-corrected chi connectivity index (χ0v) is 40.6. The highest BCUT2D eigenvalue weighted by molar-refractivity contribution is 7.14. The Morgan fingerprint density at radius 3 is 1.51 bits per heavy atom. The van der Waals surface area contributed by atoms with Crippen LogP contribution in [0, 0.1) is 13.8 Å². The summed E-state index contributed by atoms with van der Waals surface area (Å²) in [4.78, 5) is 53.4. The standard InChI is InChI=1S/C26H28N6OS.C16H19N3O2S.C10H11N3/c1-18-14-23(26(33)30-16-19-2-3-22-20(15-19)4-9-29-25(22)27)34-24(18)17-31-10-12-32(13-11-31)21-5-7-28-8-6-21;1-12-10-14(16(20)21)22-15(12)11-18-6-8-19(9-7-18)13-2-4-17-5-3-13;11-6-7-1-2-9-8(5-7)3-4-13-10(9)12/h2-9,14-15H,10-13,16-17H2,1H3,(H2,27,29)(H,30,33);2-5,10H,6-9,11H2,1H3,(H,20,21);1-5H,6,11H2,(H2,12,13). The number of carboxylic acids is 1. The summed E-state index contributed by atoms with van der Waals surface area (Å²) in [6, 6.07) is 27.8. The summed E-state index contributed by atoms with van der Waals surface area (Å²) in [5.41, 5.74) is 24.0. The number of amides is 1. The quantitative estimate of drug-likeness (QED) is 0.0847. The fourth-order valence-electron chi connectivity index (χ4n) is 8.42. The number of anilines is 4. The molecule has 8 aromatic rings. The summed E-state index contributed by atoms with van der Waals surface area (Å²) in [5.74, 6) is 0.229. The first-order valence-corrected chi connectivity index (χ1v) is 24.6. The Labute approximate surface area is 410 Å². The Morgan fingerprint density at radius 2 is 1.04 bits per heavy atom. The molecule has 0 spiro atoms. The molecule has 1 amide bonds. The lowest BCUT2D eigenvalue weighted by Crippen LogP contribution is -2.45. The molecule has 0 unspecified atom stereocenters. The predicted molar refractivity (Wildman–Crippen MR) is 280 cm³/mol. The van der Waals surface area contributed by atoms with Crippen LogP contribution < -0.4 is 32.3 Å². The SMILES string of the molecule is Cc1cc(C(=O)NCc2ccc3c(N)nccc3c2)sc1CN1CCN(c2ccncc2)CC1.Cc1cc(C(=O)O)sc1CN1CCN(c2ccncc2)CC1.NCc1ccc2c(N)nccc2c1. The van der Waals surface area contributed by atoms with Gasteiger partial charge in [-0.15, -0.1) is 22.7 Å². The lowest BCUT2D eigenvalue weighted by molar-refractivity contribution is 0.0701. The van der Waals surface area contributed by atoms with Crippen LogP contribution in [0.2, 0.25) is 0 Å². The lowest BCUT2D eigenvalue weighted by atomic mass is 10.1. The predicted octanol–water partition coefficient (Wildman–Crippen LogP) is 7.58. The second-order valence-electron chi connectivity index (χ2n) is 17.1. The maximum Gasteiger partial charge on any atom is 0.345 e. The fourth-order valence-corrected chi connectivity index (χ4v) is 10.6. The molecule has 2 saturated heterocycles. The average Bonchev–Trinajstić information content (AvgIpc) is 3.95. The average molecular weight is 963 g/mol. The number of hydrogen-bond donors (Lipinski definition) is 5. The van der Waals surface area contributed by atoms with Crippen LogP contribution >= 0.6 is 22.7 Å². The van der Waals surface area contributed by atoms with Gasteiger partial charge in [-0.25, -0.2) is 14.8 Å². The van der Waals surface area contributed by atoms with Crippen molar-refractivity contribution in [3.05, 3.63) is 164 Å². The first-order valence-electron chi connectivity index (χ1n) is 22.9. The van der Waals surface area contributed by atoms with Gasteiger partial charge in [-0.05, 0) is 108 Å². The van der Waals surface area contributed by atoms with Crippen LogP contribution in [0.4, 0.5) is 23.0 Å². The Kier molecular flexibility index (Phi) is 16.0. The zero-order chi connectivity index (χ0) is 48.3. The lowest BCUT2D eigenvalue weighted by Gasteiger charge is -2.35. The van der Waals surface area contributed by atoms with Gasteiger partial charge in [0.15, 0.2) is 0 Å². The molecule has 2 aromatic carbocycles. The van der Waals surface area contributed by atoms with E-state index >= 15 is 0 Å².